The van der Waals surface area contributed by atoms with Gasteiger partial charge in [0.25, 0.3) is 0 Å². The maximum atomic E-state index is 13.1. The third-order valence-corrected chi connectivity index (χ3v) is 6.89. The molecule has 32 heavy (non-hydrogen) atoms. The Kier molecular flexibility index (Phi) is 5.84. The summed E-state index contributed by atoms with van der Waals surface area (Å²) in [6.45, 7) is 1.82. The first-order chi connectivity index (χ1) is 15.6. The van der Waals surface area contributed by atoms with Crippen LogP contribution in [0.4, 0.5) is 0 Å². The van der Waals surface area contributed by atoms with Crippen molar-refractivity contribution < 1.29 is 14.3 Å². The van der Waals surface area contributed by atoms with Crippen LogP contribution in [-0.4, -0.2) is 51.2 Å². The van der Waals surface area contributed by atoms with Crippen molar-refractivity contribution in [2.75, 3.05) is 31.4 Å². The van der Waals surface area contributed by atoms with Crippen molar-refractivity contribution in [2.45, 2.75) is 24.0 Å². The summed E-state index contributed by atoms with van der Waals surface area (Å²) in [4.78, 5) is 15.0. The smallest absolute Gasteiger partial charge is 0.233 e. The van der Waals surface area contributed by atoms with Crippen molar-refractivity contribution in [3.05, 3.63) is 53.1 Å². The number of rotatable bonds is 5. The first kappa shape index (κ1) is 21.0. The molecular formula is C22H22ClN5O3S. The lowest BCUT2D eigenvalue weighted by Gasteiger charge is -2.26. The summed E-state index contributed by atoms with van der Waals surface area (Å²) in [6.07, 6.45) is 1.87. The number of ether oxygens (including phenoxy) is 2. The number of amides is 1. The molecule has 1 fully saturated rings. The molecule has 3 aromatic rings. The van der Waals surface area contributed by atoms with Crippen molar-refractivity contribution >= 4 is 29.3 Å². The van der Waals surface area contributed by atoms with Crippen LogP contribution in [0.3, 0.4) is 0 Å². The topological polar surface area (TPSA) is 95.5 Å². The summed E-state index contributed by atoms with van der Waals surface area (Å²) >= 11 is 7.52. The maximum absolute atomic E-state index is 13.1. The van der Waals surface area contributed by atoms with Crippen LogP contribution in [0.2, 0.25) is 5.02 Å². The van der Waals surface area contributed by atoms with Gasteiger partial charge in [-0.25, -0.2) is 4.68 Å². The molecule has 1 unspecified atom stereocenters. The fraction of sp³-hybridized carbons (Fsp3) is 0.318. The van der Waals surface area contributed by atoms with Crippen LogP contribution in [0.25, 0.3) is 11.4 Å². The molecule has 3 heterocycles. The van der Waals surface area contributed by atoms with Crippen LogP contribution >= 0.6 is 23.4 Å². The second-order valence-corrected chi connectivity index (χ2v) is 8.94. The number of benzene rings is 2. The molecule has 2 aliphatic heterocycles. The number of hydrogen-bond acceptors (Lipinski definition) is 7. The predicted octanol–water partition coefficient (Wildman–Crippen LogP) is 3.54. The molecule has 0 saturated carbocycles. The molecule has 0 bridgehead atoms. The molecule has 0 radical (unpaired) electrons. The fourth-order valence-electron chi connectivity index (χ4n) is 4.09. The molecule has 10 heteroatoms. The largest absolute Gasteiger partial charge is 0.486 e. The van der Waals surface area contributed by atoms with E-state index in [1.807, 2.05) is 41.3 Å². The van der Waals surface area contributed by atoms with Gasteiger partial charge < -0.3 is 20.2 Å². The molecule has 5 rings (SSSR count). The number of halogens is 1. The van der Waals surface area contributed by atoms with Gasteiger partial charge in [-0.1, -0.05) is 41.6 Å². The molecule has 1 amide bonds. The zero-order valence-corrected chi connectivity index (χ0v) is 18.8. The number of thioether (sulfide) groups is 1. The standard InChI is InChI=1S/C22H22ClN5O3S/c23-16-5-2-1-4-15(16)21-25-26-22(28(21)24)32-13-20(29)27-9-3-6-17(27)14-7-8-18-19(12-14)31-11-10-30-18/h1-2,4-5,7-8,12,17H,3,6,9-11,13,24H2. The van der Waals surface area contributed by atoms with E-state index >= 15 is 0 Å². The van der Waals surface area contributed by atoms with Gasteiger partial charge in [-0.15, -0.1) is 10.2 Å². The van der Waals surface area contributed by atoms with E-state index in [0.717, 1.165) is 36.4 Å². The first-order valence-corrected chi connectivity index (χ1v) is 11.8. The Labute approximate surface area is 194 Å². The van der Waals surface area contributed by atoms with E-state index in [2.05, 4.69) is 10.2 Å². The van der Waals surface area contributed by atoms with Gasteiger partial charge in [-0.05, 0) is 42.7 Å². The molecule has 166 valence electrons. The number of likely N-dealkylation sites (tertiary alicyclic amines) is 1. The summed E-state index contributed by atoms with van der Waals surface area (Å²) < 4.78 is 12.7. The third-order valence-electron chi connectivity index (χ3n) is 5.63. The average molecular weight is 472 g/mol. The highest BCUT2D eigenvalue weighted by Crippen LogP contribution is 2.38. The fourth-order valence-corrected chi connectivity index (χ4v) is 5.05. The van der Waals surface area contributed by atoms with E-state index in [4.69, 9.17) is 26.9 Å². The highest BCUT2D eigenvalue weighted by atomic mass is 35.5. The number of nitrogen functional groups attached to an aromatic ring is 1. The third kappa shape index (κ3) is 3.98. The Morgan fingerprint density at radius 1 is 1.16 bits per heavy atom. The maximum Gasteiger partial charge on any atom is 0.233 e. The Morgan fingerprint density at radius 3 is 2.81 bits per heavy atom. The Balaban J connectivity index is 1.28. The Morgan fingerprint density at radius 2 is 1.97 bits per heavy atom. The van der Waals surface area contributed by atoms with Crippen LogP contribution < -0.4 is 15.3 Å². The van der Waals surface area contributed by atoms with Crippen LogP contribution in [0.1, 0.15) is 24.4 Å². The number of aromatic nitrogens is 3. The number of nitrogens with two attached hydrogens (primary N) is 1. The lowest BCUT2D eigenvalue weighted by molar-refractivity contribution is -0.129. The number of fused-ring (bicyclic) bond motifs is 1. The Bertz CT molecular complexity index is 1150. The minimum Gasteiger partial charge on any atom is -0.486 e. The predicted molar refractivity (Wildman–Crippen MR) is 122 cm³/mol. The monoisotopic (exact) mass is 471 g/mol. The van der Waals surface area contributed by atoms with E-state index in [0.29, 0.717) is 34.8 Å². The van der Waals surface area contributed by atoms with Gasteiger partial charge in [-0.2, -0.15) is 0 Å². The highest BCUT2D eigenvalue weighted by molar-refractivity contribution is 7.99. The van der Waals surface area contributed by atoms with E-state index in [1.54, 1.807) is 6.07 Å². The lowest BCUT2D eigenvalue weighted by atomic mass is 10.0. The summed E-state index contributed by atoms with van der Waals surface area (Å²) in [7, 11) is 0. The van der Waals surface area contributed by atoms with Crippen LogP contribution in [-0.2, 0) is 4.79 Å². The molecule has 2 N–H and O–H groups in total. The van der Waals surface area contributed by atoms with E-state index in [9.17, 15) is 4.79 Å². The van der Waals surface area contributed by atoms with Gasteiger partial charge in [0.1, 0.15) is 13.2 Å². The summed E-state index contributed by atoms with van der Waals surface area (Å²) in [5.41, 5.74) is 1.76. The first-order valence-electron chi connectivity index (χ1n) is 10.4. The van der Waals surface area contributed by atoms with Gasteiger partial charge in [0.2, 0.25) is 11.1 Å². The summed E-state index contributed by atoms with van der Waals surface area (Å²) in [5.74, 6) is 8.40. The van der Waals surface area contributed by atoms with Crippen molar-refractivity contribution in [2.24, 2.45) is 0 Å². The molecule has 2 aromatic carbocycles. The molecule has 1 aromatic heterocycles. The van der Waals surface area contributed by atoms with Crippen LogP contribution in [0.15, 0.2) is 47.6 Å². The number of nitrogens with zero attached hydrogens (tertiary/aromatic N) is 4. The summed E-state index contributed by atoms with van der Waals surface area (Å²) in [6, 6.07) is 13.3. The van der Waals surface area contributed by atoms with Gasteiger partial charge >= 0.3 is 0 Å². The van der Waals surface area contributed by atoms with Gasteiger partial charge in [0, 0.05) is 12.1 Å². The normalized spacial score (nSPS) is 17.5. The highest BCUT2D eigenvalue weighted by Gasteiger charge is 2.31. The van der Waals surface area contributed by atoms with Crippen LogP contribution in [0, 0.1) is 0 Å². The van der Waals surface area contributed by atoms with E-state index in [1.165, 1.54) is 16.4 Å². The molecule has 1 atom stereocenters. The van der Waals surface area contributed by atoms with Gasteiger partial charge in [-0.3, -0.25) is 4.79 Å². The Hall–Kier alpha value is -2.91. The van der Waals surface area contributed by atoms with Crippen molar-refractivity contribution in [1.29, 1.82) is 0 Å². The van der Waals surface area contributed by atoms with E-state index in [-0.39, 0.29) is 17.7 Å². The van der Waals surface area contributed by atoms with Crippen molar-refractivity contribution in [3.63, 3.8) is 0 Å². The minimum atomic E-state index is 0.0216. The van der Waals surface area contributed by atoms with Gasteiger partial charge in [0.15, 0.2) is 17.3 Å². The molecule has 8 nitrogen and oxygen atoms in total. The minimum absolute atomic E-state index is 0.0216. The van der Waals surface area contributed by atoms with Crippen molar-refractivity contribution in [1.82, 2.24) is 19.8 Å². The quantitative estimate of drug-likeness (QED) is 0.449. The zero-order valence-electron chi connectivity index (χ0n) is 17.2. The molecule has 2 aliphatic rings. The zero-order chi connectivity index (χ0) is 22.1. The SMILES string of the molecule is Nn1c(SCC(=O)N2CCCC2c2ccc3c(c2)OCCO3)nnc1-c1ccccc1Cl. The molecule has 0 aliphatic carbocycles. The van der Waals surface area contributed by atoms with Gasteiger partial charge in [0.05, 0.1) is 16.8 Å². The lowest BCUT2D eigenvalue weighted by Crippen LogP contribution is -2.32. The molecule has 1 saturated heterocycles. The number of carbonyl (C=O) groups excluding carboxylic acids is 1. The molecular weight excluding hydrogens is 450 g/mol. The number of carbonyl (C=O) groups is 1. The second kappa shape index (κ2) is 8.91. The number of hydrogen-bond donors (Lipinski definition) is 1. The van der Waals surface area contributed by atoms with Crippen molar-refractivity contribution in [3.8, 4) is 22.9 Å². The summed E-state index contributed by atoms with van der Waals surface area (Å²) in [5, 5.41) is 9.31. The second-order valence-electron chi connectivity index (χ2n) is 7.59. The van der Waals surface area contributed by atoms with Crippen LogP contribution in [0.5, 0.6) is 11.5 Å². The average Bonchev–Trinajstić information content (AvgIpc) is 3.45. The van der Waals surface area contributed by atoms with E-state index < -0.39 is 0 Å². The molecule has 0 spiro atoms.